The first kappa shape index (κ1) is 18.1. The van der Waals surface area contributed by atoms with Crippen molar-refractivity contribution in [3.8, 4) is 28.5 Å². The Hall–Kier alpha value is -3.98. The van der Waals surface area contributed by atoms with Gasteiger partial charge in [-0.15, -0.1) is 0 Å². The Morgan fingerprint density at radius 3 is 2.83 bits per heavy atom. The second-order valence-corrected chi connectivity index (χ2v) is 7.62. The predicted octanol–water partition coefficient (Wildman–Crippen LogP) is 4.36. The highest BCUT2D eigenvalue weighted by molar-refractivity contribution is 6.01. The van der Waals surface area contributed by atoms with Crippen molar-refractivity contribution in [3.05, 3.63) is 71.7 Å². The van der Waals surface area contributed by atoms with Crippen LogP contribution in [0, 0.1) is 18.3 Å². The summed E-state index contributed by atoms with van der Waals surface area (Å²) in [7, 11) is 0. The molecule has 1 aliphatic carbocycles. The Morgan fingerprint density at radius 1 is 1.17 bits per heavy atom. The Morgan fingerprint density at radius 2 is 2.03 bits per heavy atom. The number of aromatic amines is 1. The number of hydrogen-bond acceptors (Lipinski definition) is 4. The van der Waals surface area contributed by atoms with E-state index in [9.17, 15) is 10.1 Å². The normalized spacial score (nSPS) is 13.2. The van der Waals surface area contributed by atoms with Crippen LogP contribution in [0.15, 0.2) is 55.0 Å². The average Bonchev–Trinajstić information content (AvgIpc) is 3.49. The maximum Gasteiger partial charge on any atom is 0.251 e. The van der Waals surface area contributed by atoms with Crippen molar-refractivity contribution in [2.75, 3.05) is 0 Å². The molecule has 1 aliphatic rings. The van der Waals surface area contributed by atoms with Crippen LogP contribution in [0.4, 0.5) is 0 Å². The van der Waals surface area contributed by atoms with E-state index in [-0.39, 0.29) is 5.91 Å². The van der Waals surface area contributed by atoms with Crippen LogP contribution in [0.2, 0.25) is 0 Å². The third-order valence-electron chi connectivity index (χ3n) is 5.43. The first-order valence-corrected chi connectivity index (χ1v) is 9.88. The smallest absolute Gasteiger partial charge is 0.251 e. The number of carbonyl (C=O) groups is 1. The van der Waals surface area contributed by atoms with Crippen LogP contribution in [0.5, 0.6) is 0 Å². The molecular weight excluding hydrogens is 374 g/mol. The van der Waals surface area contributed by atoms with Gasteiger partial charge in [0, 0.05) is 28.9 Å². The average molecular weight is 393 g/mol. The molecule has 2 aromatic carbocycles. The fourth-order valence-electron chi connectivity index (χ4n) is 3.65. The van der Waals surface area contributed by atoms with Gasteiger partial charge in [0.1, 0.15) is 6.33 Å². The van der Waals surface area contributed by atoms with E-state index in [2.05, 4.69) is 26.3 Å². The zero-order valence-electron chi connectivity index (χ0n) is 16.4. The van der Waals surface area contributed by atoms with E-state index in [0.29, 0.717) is 17.2 Å². The molecule has 0 spiro atoms. The lowest BCUT2D eigenvalue weighted by atomic mass is 9.98. The maximum atomic E-state index is 12.5. The molecule has 1 saturated carbocycles. The van der Waals surface area contributed by atoms with Gasteiger partial charge in [0.05, 0.1) is 28.4 Å². The van der Waals surface area contributed by atoms with Crippen LogP contribution in [0.3, 0.4) is 0 Å². The van der Waals surface area contributed by atoms with E-state index < -0.39 is 0 Å². The summed E-state index contributed by atoms with van der Waals surface area (Å²) in [4.78, 5) is 24.8. The first-order valence-electron chi connectivity index (χ1n) is 9.88. The minimum absolute atomic E-state index is 0.0396. The zero-order valence-corrected chi connectivity index (χ0v) is 16.4. The molecule has 2 N–H and O–H groups in total. The van der Waals surface area contributed by atoms with Gasteiger partial charge in [-0.05, 0) is 55.2 Å². The van der Waals surface area contributed by atoms with E-state index >= 15 is 0 Å². The Labute approximate surface area is 173 Å². The fraction of sp³-hybridized carbons (Fsp3) is 0.167. The van der Waals surface area contributed by atoms with Crippen LogP contribution < -0.4 is 5.32 Å². The number of nitrogens with one attached hydrogen (secondary N) is 2. The molecule has 2 aromatic heterocycles. The molecule has 0 bridgehead atoms. The Kier molecular flexibility index (Phi) is 4.29. The van der Waals surface area contributed by atoms with Crippen molar-refractivity contribution in [1.82, 2.24) is 20.3 Å². The molecule has 4 aromatic rings. The lowest BCUT2D eigenvalue weighted by molar-refractivity contribution is 0.0951. The number of fused-ring (bicyclic) bond motifs is 1. The third kappa shape index (κ3) is 3.20. The van der Waals surface area contributed by atoms with E-state index in [0.717, 1.165) is 51.8 Å². The summed E-state index contributed by atoms with van der Waals surface area (Å²) in [6.07, 6.45) is 5.55. The summed E-state index contributed by atoms with van der Waals surface area (Å²) in [6.45, 7) is 2.02. The second kappa shape index (κ2) is 7.12. The van der Waals surface area contributed by atoms with E-state index in [4.69, 9.17) is 0 Å². The maximum absolute atomic E-state index is 12.5. The Balaban J connectivity index is 1.61. The molecule has 0 radical (unpaired) electrons. The standard InChI is InChI=1S/C24H19N5O/c1-14-5-6-17(24(30)29-18-7-8-18)10-19(14)20-12-26-23-21(27-13-28-22(20)23)16-4-2-3-15(9-16)11-25/h2-6,9-10,12-13,18,26H,7-8H2,1H3,(H,29,30). The largest absolute Gasteiger partial charge is 0.357 e. The number of H-pyrrole nitrogens is 1. The van der Waals surface area contributed by atoms with Gasteiger partial charge in [-0.3, -0.25) is 4.79 Å². The monoisotopic (exact) mass is 393 g/mol. The summed E-state index contributed by atoms with van der Waals surface area (Å²) >= 11 is 0. The number of aromatic nitrogens is 3. The van der Waals surface area contributed by atoms with Gasteiger partial charge in [0.25, 0.3) is 5.91 Å². The summed E-state index contributed by atoms with van der Waals surface area (Å²) in [6, 6.07) is 15.6. The van der Waals surface area contributed by atoms with Gasteiger partial charge >= 0.3 is 0 Å². The topological polar surface area (TPSA) is 94.5 Å². The van der Waals surface area contributed by atoms with Gasteiger partial charge in [-0.1, -0.05) is 18.2 Å². The van der Waals surface area contributed by atoms with Crippen molar-refractivity contribution < 1.29 is 4.79 Å². The second-order valence-electron chi connectivity index (χ2n) is 7.62. The number of amides is 1. The van der Waals surface area contributed by atoms with E-state index in [1.54, 1.807) is 6.07 Å². The fourth-order valence-corrected chi connectivity index (χ4v) is 3.65. The van der Waals surface area contributed by atoms with Gasteiger partial charge in [-0.25, -0.2) is 9.97 Å². The highest BCUT2D eigenvalue weighted by Gasteiger charge is 2.24. The highest BCUT2D eigenvalue weighted by atomic mass is 16.1. The van der Waals surface area contributed by atoms with Crippen LogP contribution in [0.25, 0.3) is 33.4 Å². The number of carbonyl (C=O) groups excluding carboxylic acids is 1. The van der Waals surface area contributed by atoms with Gasteiger partial charge in [0.15, 0.2) is 0 Å². The lowest BCUT2D eigenvalue weighted by Gasteiger charge is -2.09. The summed E-state index contributed by atoms with van der Waals surface area (Å²) in [5, 5.41) is 12.3. The van der Waals surface area contributed by atoms with Crippen LogP contribution in [-0.4, -0.2) is 26.9 Å². The van der Waals surface area contributed by atoms with Crippen LogP contribution in [0.1, 0.15) is 34.3 Å². The van der Waals surface area contributed by atoms with Gasteiger partial charge in [0.2, 0.25) is 0 Å². The molecule has 0 saturated heterocycles. The van der Waals surface area contributed by atoms with Crippen molar-refractivity contribution >= 4 is 16.9 Å². The van der Waals surface area contributed by atoms with Crippen molar-refractivity contribution in [3.63, 3.8) is 0 Å². The minimum atomic E-state index is -0.0396. The molecule has 6 nitrogen and oxygen atoms in total. The number of nitriles is 1. The molecule has 0 aliphatic heterocycles. The molecule has 0 atom stereocenters. The first-order chi connectivity index (χ1) is 14.6. The number of aryl methyl sites for hydroxylation is 1. The van der Waals surface area contributed by atoms with Crippen molar-refractivity contribution in [2.24, 2.45) is 0 Å². The molecule has 146 valence electrons. The Bertz CT molecular complexity index is 1330. The SMILES string of the molecule is Cc1ccc(C(=O)NC2CC2)cc1-c1c[nH]c2c(-c3cccc(C#N)c3)ncnc12. The van der Waals surface area contributed by atoms with E-state index in [1.807, 2.05) is 49.5 Å². The van der Waals surface area contributed by atoms with Crippen molar-refractivity contribution in [1.29, 1.82) is 5.26 Å². The van der Waals surface area contributed by atoms with Crippen LogP contribution >= 0.6 is 0 Å². The van der Waals surface area contributed by atoms with Gasteiger partial charge < -0.3 is 10.3 Å². The molecular formula is C24H19N5O. The summed E-state index contributed by atoms with van der Waals surface area (Å²) < 4.78 is 0. The number of benzene rings is 2. The third-order valence-corrected chi connectivity index (χ3v) is 5.43. The molecule has 1 fully saturated rings. The molecule has 5 rings (SSSR count). The number of hydrogen-bond donors (Lipinski definition) is 2. The summed E-state index contributed by atoms with van der Waals surface area (Å²) in [5.41, 5.74) is 7.34. The molecule has 30 heavy (non-hydrogen) atoms. The molecule has 2 heterocycles. The van der Waals surface area contributed by atoms with Crippen molar-refractivity contribution in [2.45, 2.75) is 25.8 Å². The lowest BCUT2D eigenvalue weighted by Crippen LogP contribution is -2.25. The number of rotatable bonds is 4. The predicted molar refractivity (Wildman–Crippen MR) is 115 cm³/mol. The highest BCUT2D eigenvalue weighted by Crippen LogP contribution is 2.34. The molecule has 6 heteroatoms. The van der Waals surface area contributed by atoms with E-state index in [1.165, 1.54) is 6.33 Å². The van der Waals surface area contributed by atoms with Gasteiger partial charge in [-0.2, -0.15) is 5.26 Å². The zero-order chi connectivity index (χ0) is 20.7. The van der Waals surface area contributed by atoms with Crippen LogP contribution in [-0.2, 0) is 0 Å². The number of nitrogens with zero attached hydrogens (tertiary/aromatic N) is 3. The quantitative estimate of drug-likeness (QED) is 0.538. The minimum Gasteiger partial charge on any atom is -0.357 e. The molecule has 0 unspecified atom stereocenters. The molecule has 1 amide bonds. The summed E-state index contributed by atoms with van der Waals surface area (Å²) in [5.74, 6) is -0.0396.